The smallest absolute Gasteiger partial charge is 0.408 e. The van der Waals surface area contributed by atoms with Crippen LogP contribution in [0.2, 0.25) is 0 Å². The zero-order valence-electron chi connectivity index (χ0n) is 35.2. The Morgan fingerprint density at radius 1 is 0.823 bits per heavy atom. The molecule has 0 aliphatic carbocycles. The van der Waals surface area contributed by atoms with Crippen LogP contribution in [-0.2, 0) is 46.3 Å². The number of aromatic hydroxyl groups is 1. The number of nitrogens with zero attached hydrogens (tertiary/aromatic N) is 1. The lowest BCUT2D eigenvalue weighted by atomic mass is 10.0. The van der Waals surface area contributed by atoms with E-state index < -0.39 is 77.8 Å². The molecule has 4 aromatic rings. The first-order valence-corrected chi connectivity index (χ1v) is 20.1. The predicted molar refractivity (Wildman–Crippen MR) is 231 cm³/mol. The fourth-order valence-corrected chi connectivity index (χ4v) is 6.53. The van der Waals surface area contributed by atoms with Crippen LogP contribution in [0.15, 0.2) is 91.1 Å². The van der Waals surface area contributed by atoms with Gasteiger partial charge in [-0.1, -0.05) is 60.7 Å². The SMILES string of the molecule is CN(C(=O)C(CC(=O)O)NC(=O)C(CCCCNC(=O)/C=C/c1ccc(O)cc1)NC(=O)C(Cc1c[nH]c2ccccc12)NC(=O)OC(C)(C)C)C(Cc1ccccc1)C(N)=O. The van der Waals surface area contributed by atoms with Crippen molar-refractivity contribution in [1.82, 2.24) is 31.2 Å². The van der Waals surface area contributed by atoms with Gasteiger partial charge in [-0.2, -0.15) is 0 Å². The van der Waals surface area contributed by atoms with Gasteiger partial charge in [-0.15, -0.1) is 0 Å². The molecule has 0 saturated carbocycles. The van der Waals surface area contributed by atoms with Crippen LogP contribution in [0.25, 0.3) is 17.0 Å². The van der Waals surface area contributed by atoms with Gasteiger partial charge in [0.1, 0.15) is 35.5 Å². The van der Waals surface area contributed by atoms with Gasteiger partial charge in [-0.3, -0.25) is 28.8 Å². The number of nitrogens with one attached hydrogen (secondary N) is 5. The number of hydrogen-bond donors (Lipinski definition) is 8. The number of carbonyl (C=O) groups excluding carboxylic acids is 6. The van der Waals surface area contributed by atoms with Gasteiger partial charge in [0.05, 0.1) is 6.42 Å². The van der Waals surface area contributed by atoms with Crippen LogP contribution >= 0.6 is 0 Å². The van der Waals surface area contributed by atoms with E-state index in [1.165, 1.54) is 25.3 Å². The molecular formula is C45H55N7O10. The number of alkyl carbamates (subject to hydrolysis) is 1. The highest BCUT2D eigenvalue weighted by molar-refractivity contribution is 5.97. The van der Waals surface area contributed by atoms with E-state index in [1.807, 2.05) is 24.3 Å². The fourth-order valence-electron chi connectivity index (χ4n) is 6.53. The molecule has 0 spiro atoms. The molecule has 17 nitrogen and oxygen atoms in total. The van der Waals surface area contributed by atoms with Crippen molar-refractivity contribution in [2.24, 2.45) is 5.73 Å². The lowest BCUT2D eigenvalue weighted by Crippen LogP contribution is -2.59. The molecule has 4 atom stereocenters. The van der Waals surface area contributed by atoms with Crippen LogP contribution in [0.1, 0.15) is 63.1 Å². The van der Waals surface area contributed by atoms with Crippen molar-refractivity contribution >= 4 is 58.6 Å². The van der Waals surface area contributed by atoms with E-state index in [-0.39, 0.29) is 38.0 Å². The number of H-pyrrole nitrogens is 1. The normalized spacial score (nSPS) is 13.3. The number of para-hydroxylation sites is 1. The summed E-state index contributed by atoms with van der Waals surface area (Å²) in [7, 11) is 1.28. The minimum absolute atomic E-state index is 0.0199. The molecular weight excluding hydrogens is 799 g/mol. The number of aromatic amines is 1. The van der Waals surface area contributed by atoms with Crippen LogP contribution in [0.3, 0.4) is 0 Å². The molecule has 17 heteroatoms. The zero-order valence-corrected chi connectivity index (χ0v) is 35.2. The Hall–Kier alpha value is -7.17. The van der Waals surface area contributed by atoms with Crippen molar-refractivity contribution < 1.29 is 48.5 Å². The quantitative estimate of drug-likeness (QED) is 0.0448. The van der Waals surface area contributed by atoms with Crippen molar-refractivity contribution in [1.29, 1.82) is 0 Å². The number of primary amides is 1. The first-order valence-electron chi connectivity index (χ1n) is 20.1. The molecule has 0 fully saturated rings. The number of carboxylic acid groups (broad SMARTS) is 1. The van der Waals surface area contributed by atoms with E-state index in [0.717, 1.165) is 15.8 Å². The standard InChI is InChI=1S/C45H55N7O10/c1-45(2,3)62-44(61)51-35(25-30-27-48-33-15-9-8-14-32(30)33)42(59)49-34(16-10-11-23-47-38(54)22-19-28-17-20-31(53)21-18-28)41(58)50-36(26-39(55)56)43(60)52(4)37(40(46)57)24-29-12-6-5-7-13-29/h5-9,12-15,17-22,27,34-37,48,53H,10-11,16,23-26H2,1-4H3,(H2,46,57)(H,47,54)(H,49,59)(H,50,58)(H,51,61)(H,55,56)/b22-19+. The van der Waals surface area contributed by atoms with Crippen molar-refractivity contribution in [3.05, 3.63) is 108 Å². The number of hydrogen-bond acceptors (Lipinski definition) is 9. The van der Waals surface area contributed by atoms with Crippen LogP contribution in [-0.4, -0.2) is 105 Å². The first-order chi connectivity index (χ1) is 29.4. The zero-order chi connectivity index (χ0) is 45.4. The summed E-state index contributed by atoms with van der Waals surface area (Å²) < 4.78 is 5.45. The van der Waals surface area contributed by atoms with E-state index in [4.69, 9.17) is 10.5 Å². The van der Waals surface area contributed by atoms with Gasteiger partial charge in [0.2, 0.25) is 29.5 Å². The monoisotopic (exact) mass is 853 g/mol. The maximum Gasteiger partial charge on any atom is 0.408 e. The number of benzene rings is 3. The number of phenols is 1. The number of fused-ring (bicyclic) bond motifs is 1. The molecule has 1 heterocycles. The van der Waals surface area contributed by atoms with Crippen molar-refractivity contribution in [3.63, 3.8) is 0 Å². The highest BCUT2D eigenvalue weighted by Crippen LogP contribution is 2.20. The fraction of sp³-hybridized carbons (Fsp3) is 0.356. The van der Waals surface area contributed by atoms with E-state index >= 15 is 0 Å². The number of ether oxygens (including phenoxy) is 1. The summed E-state index contributed by atoms with van der Waals surface area (Å²) in [4.78, 5) is 96.5. The minimum atomic E-state index is -1.68. The molecule has 0 bridgehead atoms. The second kappa shape index (κ2) is 22.4. The molecule has 6 amide bonds. The molecule has 4 rings (SSSR count). The average molecular weight is 854 g/mol. The Kier molecular flexibility index (Phi) is 17.2. The Labute approximate surface area is 359 Å². The number of carboxylic acids is 1. The molecule has 0 radical (unpaired) electrons. The van der Waals surface area contributed by atoms with E-state index in [1.54, 1.807) is 75.5 Å². The van der Waals surface area contributed by atoms with Crippen molar-refractivity contribution in [3.8, 4) is 5.75 Å². The van der Waals surface area contributed by atoms with E-state index in [0.29, 0.717) is 23.1 Å². The molecule has 9 N–H and O–H groups in total. The summed E-state index contributed by atoms with van der Waals surface area (Å²) in [5.74, 6) is -5.17. The highest BCUT2D eigenvalue weighted by Gasteiger charge is 2.35. The number of aliphatic carboxylic acids is 1. The van der Waals surface area contributed by atoms with Gasteiger partial charge in [-0.25, -0.2) is 4.79 Å². The van der Waals surface area contributed by atoms with Gasteiger partial charge in [-0.05, 0) is 81.0 Å². The predicted octanol–water partition coefficient (Wildman–Crippen LogP) is 3.31. The van der Waals surface area contributed by atoms with E-state index in [9.17, 15) is 43.8 Å². The van der Waals surface area contributed by atoms with E-state index in [2.05, 4.69) is 26.3 Å². The van der Waals surface area contributed by atoms with Crippen molar-refractivity contribution in [2.45, 2.75) is 89.1 Å². The third-order valence-corrected chi connectivity index (χ3v) is 9.69. The molecule has 3 aromatic carbocycles. The molecule has 0 saturated heterocycles. The van der Waals surface area contributed by atoms with Gasteiger partial charge in [0.15, 0.2) is 0 Å². The van der Waals surface area contributed by atoms with Gasteiger partial charge < -0.3 is 51.8 Å². The summed E-state index contributed by atoms with van der Waals surface area (Å²) >= 11 is 0. The molecule has 62 heavy (non-hydrogen) atoms. The molecule has 0 aliphatic rings. The summed E-state index contributed by atoms with van der Waals surface area (Å²) in [5, 5.41) is 30.6. The van der Waals surface area contributed by atoms with Gasteiger partial charge in [0.25, 0.3) is 0 Å². The number of nitrogens with two attached hydrogens (primary N) is 1. The Balaban J connectivity index is 1.55. The first kappa shape index (κ1) is 47.5. The third kappa shape index (κ3) is 15.1. The number of carbonyl (C=O) groups is 7. The molecule has 4 unspecified atom stereocenters. The van der Waals surface area contributed by atoms with Crippen LogP contribution in [0.4, 0.5) is 4.79 Å². The Bertz CT molecular complexity index is 2220. The van der Waals surface area contributed by atoms with Crippen LogP contribution in [0.5, 0.6) is 5.75 Å². The second-order valence-corrected chi connectivity index (χ2v) is 15.8. The van der Waals surface area contributed by atoms with Crippen LogP contribution < -0.4 is 27.0 Å². The number of phenolic OH excluding ortho intramolecular Hbond substituents is 1. The van der Waals surface area contributed by atoms with Gasteiger partial charge >= 0.3 is 12.1 Å². The number of aromatic nitrogens is 1. The van der Waals surface area contributed by atoms with Crippen LogP contribution in [0, 0.1) is 0 Å². The minimum Gasteiger partial charge on any atom is -0.508 e. The second-order valence-electron chi connectivity index (χ2n) is 15.8. The maximum absolute atomic E-state index is 14.2. The molecule has 0 aliphatic heterocycles. The van der Waals surface area contributed by atoms with Crippen molar-refractivity contribution in [2.75, 3.05) is 13.6 Å². The number of unbranched alkanes of at least 4 members (excludes halogenated alkanes) is 1. The summed E-state index contributed by atoms with van der Waals surface area (Å²) in [6.45, 7) is 5.17. The summed E-state index contributed by atoms with van der Waals surface area (Å²) in [6.07, 6.45) is 3.42. The number of amides is 6. The third-order valence-electron chi connectivity index (χ3n) is 9.69. The lowest BCUT2D eigenvalue weighted by molar-refractivity contribution is -0.146. The Morgan fingerprint density at radius 2 is 1.47 bits per heavy atom. The summed E-state index contributed by atoms with van der Waals surface area (Å²) in [6, 6.07) is 16.9. The lowest BCUT2D eigenvalue weighted by Gasteiger charge is -2.30. The largest absolute Gasteiger partial charge is 0.508 e. The molecule has 1 aromatic heterocycles. The number of likely N-dealkylation sites (N-methyl/N-ethyl adjacent to an activating group) is 1. The Morgan fingerprint density at radius 3 is 2.13 bits per heavy atom. The molecule has 330 valence electrons. The highest BCUT2D eigenvalue weighted by atomic mass is 16.6. The maximum atomic E-state index is 14.2. The van der Waals surface area contributed by atoms with Gasteiger partial charge in [0, 0.05) is 49.6 Å². The summed E-state index contributed by atoms with van der Waals surface area (Å²) in [5.41, 5.74) is 7.64. The average Bonchev–Trinajstić information content (AvgIpc) is 3.62. The topological polar surface area (TPSA) is 262 Å². The number of rotatable bonds is 21.